The fraction of sp³-hybridized carbons (Fsp3) is 0.571. The molecule has 2 rings (SSSR count). The van der Waals surface area contributed by atoms with Crippen LogP contribution in [0.3, 0.4) is 0 Å². The van der Waals surface area contributed by atoms with Crippen LogP contribution in [0.25, 0.3) is 0 Å². The Kier molecular flexibility index (Phi) is 4.58. The quantitative estimate of drug-likeness (QED) is 0.869. The van der Waals surface area contributed by atoms with Crippen molar-refractivity contribution in [2.24, 2.45) is 5.73 Å². The third-order valence-corrected chi connectivity index (χ3v) is 3.42. The normalized spacial score (nSPS) is 19.7. The molecule has 2 atom stereocenters. The molecular formula is C14H22N2O2. The third kappa shape index (κ3) is 2.66. The smallest absolute Gasteiger partial charge is 0.123 e. The van der Waals surface area contributed by atoms with E-state index < -0.39 is 0 Å². The van der Waals surface area contributed by atoms with Gasteiger partial charge in [-0.25, -0.2) is 0 Å². The summed E-state index contributed by atoms with van der Waals surface area (Å²) in [5.41, 5.74) is 7.38. The summed E-state index contributed by atoms with van der Waals surface area (Å²) in [7, 11) is 1.69. The number of hydroxylamine groups is 2. The van der Waals surface area contributed by atoms with Gasteiger partial charge in [0.15, 0.2) is 0 Å². The van der Waals surface area contributed by atoms with Crippen LogP contribution in [0.2, 0.25) is 0 Å². The summed E-state index contributed by atoms with van der Waals surface area (Å²) in [6.45, 7) is 3.81. The third-order valence-electron chi connectivity index (χ3n) is 3.42. The summed E-state index contributed by atoms with van der Waals surface area (Å²) < 4.78 is 5.44. The van der Waals surface area contributed by atoms with Crippen LogP contribution in [0.5, 0.6) is 5.75 Å². The maximum Gasteiger partial charge on any atom is 0.123 e. The predicted octanol–water partition coefficient (Wildman–Crippen LogP) is 2.11. The molecular weight excluding hydrogens is 228 g/mol. The first-order valence-electron chi connectivity index (χ1n) is 6.56. The van der Waals surface area contributed by atoms with E-state index >= 15 is 0 Å². The number of hydrogen-bond acceptors (Lipinski definition) is 4. The average molecular weight is 250 g/mol. The van der Waals surface area contributed by atoms with E-state index in [1.807, 2.05) is 23.3 Å². The molecule has 4 nitrogen and oxygen atoms in total. The largest absolute Gasteiger partial charge is 0.496 e. The molecule has 18 heavy (non-hydrogen) atoms. The van der Waals surface area contributed by atoms with Crippen molar-refractivity contribution in [3.05, 3.63) is 29.8 Å². The van der Waals surface area contributed by atoms with Crippen LogP contribution in [-0.4, -0.2) is 31.4 Å². The van der Waals surface area contributed by atoms with Crippen molar-refractivity contribution < 1.29 is 9.57 Å². The molecule has 1 fully saturated rings. The lowest BCUT2D eigenvalue weighted by Gasteiger charge is -2.31. The van der Waals surface area contributed by atoms with Gasteiger partial charge in [-0.2, -0.15) is 5.06 Å². The number of hydrogen-bond donors (Lipinski definition) is 1. The van der Waals surface area contributed by atoms with E-state index in [9.17, 15) is 0 Å². The fourth-order valence-corrected chi connectivity index (χ4v) is 2.42. The van der Waals surface area contributed by atoms with Gasteiger partial charge in [-0.1, -0.05) is 25.1 Å². The minimum Gasteiger partial charge on any atom is -0.496 e. The summed E-state index contributed by atoms with van der Waals surface area (Å²) in [6, 6.07) is 8.14. The van der Waals surface area contributed by atoms with Crippen LogP contribution >= 0.6 is 0 Å². The Hall–Kier alpha value is -1.10. The average Bonchev–Trinajstić information content (AvgIpc) is 2.93. The predicted molar refractivity (Wildman–Crippen MR) is 71.3 cm³/mol. The van der Waals surface area contributed by atoms with E-state index in [0.717, 1.165) is 37.3 Å². The molecule has 0 saturated carbocycles. The standard InChI is InChI=1S/C14H22N2O2/c1-3-12(15)14(16-9-6-10-18-16)11-7-4-5-8-13(11)17-2/h4-5,7-8,12,14H,3,6,9-10,15H2,1-2H3. The van der Waals surface area contributed by atoms with Crippen molar-refractivity contribution >= 4 is 0 Å². The highest BCUT2D eigenvalue weighted by atomic mass is 16.7. The highest BCUT2D eigenvalue weighted by Gasteiger charge is 2.31. The molecule has 1 heterocycles. The van der Waals surface area contributed by atoms with Gasteiger partial charge in [-0.05, 0) is 18.9 Å². The molecule has 100 valence electrons. The molecule has 1 aromatic rings. The molecule has 0 aliphatic carbocycles. The van der Waals surface area contributed by atoms with Crippen LogP contribution in [0.4, 0.5) is 0 Å². The number of ether oxygens (including phenoxy) is 1. The summed E-state index contributed by atoms with van der Waals surface area (Å²) in [5, 5.41) is 2.01. The first-order chi connectivity index (χ1) is 8.77. The zero-order valence-electron chi connectivity index (χ0n) is 11.1. The van der Waals surface area contributed by atoms with Gasteiger partial charge in [-0.15, -0.1) is 0 Å². The van der Waals surface area contributed by atoms with Gasteiger partial charge in [0, 0.05) is 18.2 Å². The molecule has 0 spiro atoms. The Bertz CT molecular complexity index is 378. The first kappa shape index (κ1) is 13.3. The summed E-state index contributed by atoms with van der Waals surface area (Å²) in [4.78, 5) is 5.69. The second-order valence-corrected chi connectivity index (χ2v) is 4.59. The molecule has 2 unspecified atom stereocenters. The van der Waals surface area contributed by atoms with E-state index in [-0.39, 0.29) is 12.1 Å². The SMILES string of the molecule is CCC(N)C(c1ccccc1OC)N1CCCO1. The molecule has 4 heteroatoms. The van der Waals surface area contributed by atoms with Crippen molar-refractivity contribution in [2.45, 2.75) is 31.8 Å². The van der Waals surface area contributed by atoms with Crippen LogP contribution < -0.4 is 10.5 Å². The van der Waals surface area contributed by atoms with Crippen molar-refractivity contribution in [3.8, 4) is 5.75 Å². The highest BCUT2D eigenvalue weighted by molar-refractivity contribution is 5.36. The number of nitrogens with zero attached hydrogens (tertiary/aromatic N) is 1. The number of nitrogens with two attached hydrogens (primary N) is 1. The second-order valence-electron chi connectivity index (χ2n) is 4.59. The van der Waals surface area contributed by atoms with E-state index in [0.29, 0.717) is 0 Å². The Morgan fingerprint density at radius 3 is 2.83 bits per heavy atom. The lowest BCUT2D eigenvalue weighted by molar-refractivity contribution is -0.148. The number of methoxy groups -OCH3 is 1. The van der Waals surface area contributed by atoms with Gasteiger partial charge in [0.2, 0.25) is 0 Å². The summed E-state index contributed by atoms with van der Waals surface area (Å²) in [6.07, 6.45) is 1.96. The minimum absolute atomic E-state index is 0.0411. The van der Waals surface area contributed by atoms with E-state index in [1.54, 1.807) is 7.11 Å². The van der Waals surface area contributed by atoms with Gasteiger partial charge >= 0.3 is 0 Å². The Morgan fingerprint density at radius 1 is 1.44 bits per heavy atom. The molecule has 1 aliphatic rings. The fourth-order valence-electron chi connectivity index (χ4n) is 2.42. The van der Waals surface area contributed by atoms with E-state index in [1.165, 1.54) is 0 Å². The molecule has 0 aromatic heterocycles. The molecule has 0 amide bonds. The topological polar surface area (TPSA) is 47.7 Å². The lowest BCUT2D eigenvalue weighted by atomic mass is 9.96. The first-order valence-corrected chi connectivity index (χ1v) is 6.56. The molecule has 0 radical (unpaired) electrons. The Morgan fingerprint density at radius 2 is 2.22 bits per heavy atom. The highest BCUT2D eigenvalue weighted by Crippen LogP contribution is 2.33. The van der Waals surface area contributed by atoms with Gasteiger partial charge < -0.3 is 10.5 Å². The minimum atomic E-state index is 0.0411. The number of para-hydroxylation sites is 1. The Balaban J connectivity index is 2.32. The van der Waals surface area contributed by atoms with Crippen LogP contribution in [0, 0.1) is 0 Å². The van der Waals surface area contributed by atoms with Crippen molar-refractivity contribution in [1.82, 2.24) is 5.06 Å². The number of rotatable bonds is 5. The van der Waals surface area contributed by atoms with Crippen molar-refractivity contribution in [3.63, 3.8) is 0 Å². The van der Waals surface area contributed by atoms with Gasteiger partial charge in [0.05, 0.1) is 19.8 Å². The van der Waals surface area contributed by atoms with Crippen LogP contribution in [0.15, 0.2) is 24.3 Å². The zero-order chi connectivity index (χ0) is 13.0. The monoisotopic (exact) mass is 250 g/mol. The molecule has 1 saturated heterocycles. The van der Waals surface area contributed by atoms with Gasteiger partial charge in [-0.3, -0.25) is 4.84 Å². The van der Waals surface area contributed by atoms with E-state index in [4.69, 9.17) is 15.3 Å². The molecule has 0 bridgehead atoms. The maximum absolute atomic E-state index is 6.28. The summed E-state index contributed by atoms with van der Waals surface area (Å²) in [5.74, 6) is 0.877. The molecule has 1 aliphatic heterocycles. The molecule has 2 N–H and O–H groups in total. The summed E-state index contributed by atoms with van der Waals surface area (Å²) >= 11 is 0. The number of benzene rings is 1. The lowest BCUT2D eigenvalue weighted by Crippen LogP contribution is -2.39. The van der Waals surface area contributed by atoms with Crippen LogP contribution in [0.1, 0.15) is 31.4 Å². The zero-order valence-corrected chi connectivity index (χ0v) is 11.1. The van der Waals surface area contributed by atoms with Gasteiger partial charge in [0.1, 0.15) is 5.75 Å². The van der Waals surface area contributed by atoms with Gasteiger partial charge in [0.25, 0.3) is 0 Å². The Labute approximate surface area is 109 Å². The van der Waals surface area contributed by atoms with Crippen LogP contribution in [-0.2, 0) is 4.84 Å². The maximum atomic E-state index is 6.28. The molecule has 1 aromatic carbocycles. The second kappa shape index (κ2) is 6.18. The van der Waals surface area contributed by atoms with Crippen molar-refractivity contribution in [2.75, 3.05) is 20.3 Å². The van der Waals surface area contributed by atoms with Crippen molar-refractivity contribution in [1.29, 1.82) is 0 Å². The van der Waals surface area contributed by atoms with E-state index in [2.05, 4.69) is 13.0 Å².